The Morgan fingerprint density at radius 3 is 2.67 bits per heavy atom. The van der Waals surface area contributed by atoms with Crippen LogP contribution in [0.5, 0.6) is 0 Å². The predicted octanol–water partition coefficient (Wildman–Crippen LogP) is 3.14. The number of benzene rings is 1. The molecule has 2 unspecified atom stereocenters. The molecule has 0 aromatic heterocycles. The maximum absolute atomic E-state index is 6.10. The van der Waals surface area contributed by atoms with E-state index in [1.165, 1.54) is 25.7 Å². The Morgan fingerprint density at radius 2 is 2.00 bits per heavy atom. The smallest absolute Gasteiger partial charge is 0.196 e. The summed E-state index contributed by atoms with van der Waals surface area (Å²) in [7, 11) is 2.06. The van der Waals surface area contributed by atoms with Crippen LogP contribution in [-0.4, -0.2) is 23.9 Å². The number of aliphatic imine (C=N–C) groups is 1. The van der Waals surface area contributed by atoms with Crippen molar-refractivity contribution in [2.45, 2.75) is 38.6 Å². The molecule has 2 N–H and O–H groups in total. The third kappa shape index (κ3) is 3.25. The summed E-state index contributed by atoms with van der Waals surface area (Å²) in [5.74, 6) is 1.43. The summed E-state index contributed by atoms with van der Waals surface area (Å²) in [4.78, 5) is 6.62. The molecule has 1 aliphatic carbocycles. The van der Waals surface area contributed by atoms with Gasteiger partial charge in [-0.1, -0.05) is 38.0 Å². The Morgan fingerprint density at radius 1 is 1.28 bits per heavy atom. The van der Waals surface area contributed by atoms with E-state index in [2.05, 4.69) is 23.9 Å². The highest BCUT2D eigenvalue weighted by Gasteiger charge is 2.23. The number of hydrogen-bond acceptors (Lipinski definition) is 1. The fourth-order valence-electron chi connectivity index (χ4n) is 2.65. The number of nitrogens with zero attached hydrogens (tertiary/aromatic N) is 2. The average molecular weight is 245 g/mol. The van der Waals surface area contributed by atoms with Gasteiger partial charge in [-0.3, -0.25) is 0 Å². The van der Waals surface area contributed by atoms with Crippen molar-refractivity contribution in [3.63, 3.8) is 0 Å². The van der Waals surface area contributed by atoms with Gasteiger partial charge in [0.1, 0.15) is 0 Å². The highest BCUT2D eigenvalue weighted by molar-refractivity contribution is 5.81. The molecule has 1 aromatic carbocycles. The number of nitrogens with two attached hydrogens (primary N) is 1. The van der Waals surface area contributed by atoms with Gasteiger partial charge in [-0.2, -0.15) is 0 Å². The van der Waals surface area contributed by atoms with Gasteiger partial charge >= 0.3 is 0 Å². The zero-order chi connectivity index (χ0) is 13.0. The van der Waals surface area contributed by atoms with Crippen molar-refractivity contribution in [3.05, 3.63) is 30.3 Å². The Balaban J connectivity index is 2.04. The maximum Gasteiger partial charge on any atom is 0.196 e. The lowest BCUT2D eigenvalue weighted by atomic mass is 9.86. The second-order valence-corrected chi connectivity index (χ2v) is 5.34. The van der Waals surface area contributed by atoms with Gasteiger partial charge in [0, 0.05) is 13.1 Å². The highest BCUT2D eigenvalue weighted by Crippen LogP contribution is 2.26. The van der Waals surface area contributed by atoms with Gasteiger partial charge in [0.25, 0.3) is 0 Å². The first-order valence-corrected chi connectivity index (χ1v) is 6.79. The standard InChI is InChI=1S/C15H23N3/c1-12-7-6-10-14(11-12)18(2)15(16)17-13-8-4-3-5-9-13/h3-5,8-9,12,14H,6-7,10-11H2,1-2H3,(H2,16,17). The van der Waals surface area contributed by atoms with Gasteiger partial charge in [0.2, 0.25) is 0 Å². The van der Waals surface area contributed by atoms with E-state index in [0.29, 0.717) is 12.0 Å². The highest BCUT2D eigenvalue weighted by atomic mass is 15.3. The van der Waals surface area contributed by atoms with Gasteiger partial charge in [-0.05, 0) is 30.9 Å². The summed E-state index contributed by atoms with van der Waals surface area (Å²) in [6, 6.07) is 10.4. The molecular formula is C15H23N3. The van der Waals surface area contributed by atoms with Crippen molar-refractivity contribution in [1.29, 1.82) is 0 Å². The number of hydrogen-bond donors (Lipinski definition) is 1. The zero-order valence-electron chi connectivity index (χ0n) is 11.3. The molecule has 1 saturated carbocycles. The molecule has 0 amide bonds. The normalized spacial score (nSPS) is 24.9. The number of guanidine groups is 1. The lowest BCUT2D eigenvalue weighted by Crippen LogP contribution is -2.43. The average Bonchev–Trinajstić information content (AvgIpc) is 2.39. The summed E-state index contributed by atoms with van der Waals surface area (Å²) in [6.07, 6.45) is 5.10. The molecule has 3 heteroatoms. The predicted molar refractivity (Wildman–Crippen MR) is 76.9 cm³/mol. The van der Waals surface area contributed by atoms with E-state index >= 15 is 0 Å². The Kier molecular flexibility index (Phi) is 4.24. The molecule has 2 rings (SSSR count). The first-order chi connectivity index (χ1) is 8.66. The molecule has 18 heavy (non-hydrogen) atoms. The maximum atomic E-state index is 6.10. The van der Waals surface area contributed by atoms with Crippen molar-refractivity contribution in [2.24, 2.45) is 16.6 Å². The van der Waals surface area contributed by atoms with E-state index in [1.54, 1.807) is 0 Å². The molecule has 0 aliphatic heterocycles. The topological polar surface area (TPSA) is 41.6 Å². The molecular weight excluding hydrogens is 222 g/mol. The molecule has 98 valence electrons. The van der Waals surface area contributed by atoms with Gasteiger partial charge in [-0.15, -0.1) is 0 Å². The zero-order valence-corrected chi connectivity index (χ0v) is 11.3. The molecule has 0 bridgehead atoms. The molecule has 1 fully saturated rings. The van der Waals surface area contributed by atoms with E-state index in [0.717, 1.165) is 11.6 Å². The molecule has 3 nitrogen and oxygen atoms in total. The second kappa shape index (κ2) is 5.89. The van der Waals surface area contributed by atoms with Crippen LogP contribution < -0.4 is 5.73 Å². The van der Waals surface area contributed by atoms with Crippen molar-refractivity contribution in [2.75, 3.05) is 7.05 Å². The van der Waals surface area contributed by atoms with Crippen LogP contribution in [0, 0.1) is 5.92 Å². The molecule has 0 saturated heterocycles. The summed E-state index contributed by atoms with van der Waals surface area (Å²) < 4.78 is 0. The molecule has 1 aliphatic rings. The molecule has 2 atom stereocenters. The fourth-order valence-corrected chi connectivity index (χ4v) is 2.65. The largest absolute Gasteiger partial charge is 0.369 e. The summed E-state index contributed by atoms with van der Waals surface area (Å²) in [5.41, 5.74) is 7.02. The van der Waals surface area contributed by atoms with Crippen LogP contribution in [0.25, 0.3) is 0 Å². The van der Waals surface area contributed by atoms with Gasteiger partial charge in [0.15, 0.2) is 5.96 Å². The van der Waals surface area contributed by atoms with Crippen LogP contribution in [0.1, 0.15) is 32.6 Å². The van der Waals surface area contributed by atoms with E-state index in [1.807, 2.05) is 30.3 Å². The third-order valence-corrected chi connectivity index (χ3v) is 3.82. The van der Waals surface area contributed by atoms with Gasteiger partial charge < -0.3 is 10.6 Å². The Hall–Kier alpha value is -1.51. The SMILES string of the molecule is CC1CCCC(N(C)C(N)=Nc2ccccc2)C1. The van der Waals surface area contributed by atoms with E-state index in [9.17, 15) is 0 Å². The molecule has 0 heterocycles. The van der Waals surface area contributed by atoms with Crippen molar-refractivity contribution in [1.82, 2.24) is 4.90 Å². The Labute approximate surface area is 110 Å². The van der Waals surface area contributed by atoms with Crippen LogP contribution in [0.3, 0.4) is 0 Å². The molecule has 1 aromatic rings. The van der Waals surface area contributed by atoms with E-state index in [-0.39, 0.29) is 0 Å². The minimum absolute atomic E-state index is 0.543. The summed E-state index contributed by atoms with van der Waals surface area (Å²) in [6.45, 7) is 2.32. The van der Waals surface area contributed by atoms with Crippen molar-refractivity contribution >= 4 is 11.6 Å². The lowest BCUT2D eigenvalue weighted by molar-refractivity contribution is 0.230. The van der Waals surface area contributed by atoms with Crippen LogP contribution in [0.2, 0.25) is 0 Å². The Bertz CT molecular complexity index is 399. The minimum atomic E-state index is 0.543. The lowest BCUT2D eigenvalue weighted by Gasteiger charge is -2.34. The third-order valence-electron chi connectivity index (χ3n) is 3.82. The fraction of sp³-hybridized carbons (Fsp3) is 0.533. The minimum Gasteiger partial charge on any atom is -0.369 e. The quantitative estimate of drug-likeness (QED) is 0.642. The number of para-hydroxylation sites is 1. The summed E-state index contributed by atoms with van der Waals surface area (Å²) >= 11 is 0. The van der Waals surface area contributed by atoms with Crippen LogP contribution in [0.4, 0.5) is 5.69 Å². The first kappa shape index (κ1) is 12.9. The van der Waals surface area contributed by atoms with Crippen LogP contribution >= 0.6 is 0 Å². The molecule has 0 spiro atoms. The van der Waals surface area contributed by atoms with Gasteiger partial charge in [-0.25, -0.2) is 4.99 Å². The second-order valence-electron chi connectivity index (χ2n) is 5.34. The van der Waals surface area contributed by atoms with E-state index < -0.39 is 0 Å². The number of rotatable bonds is 2. The summed E-state index contributed by atoms with van der Waals surface area (Å²) in [5, 5.41) is 0. The van der Waals surface area contributed by atoms with Gasteiger partial charge in [0.05, 0.1) is 5.69 Å². The first-order valence-electron chi connectivity index (χ1n) is 6.79. The van der Waals surface area contributed by atoms with E-state index in [4.69, 9.17) is 5.73 Å². The van der Waals surface area contributed by atoms with Crippen LogP contribution in [0.15, 0.2) is 35.3 Å². The monoisotopic (exact) mass is 245 g/mol. The van der Waals surface area contributed by atoms with Crippen molar-refractivity contribution in [3.8, 4) is 0 Å². The molecule has 0 radical (unpaired) electrons. The van der Waals surface area contributed by atoms with Crippen molar-refractivity contribution < 1.29 is 0 Å². The van der Waals surface area contributed by atoms with Crippen LogP contribution in [-0.2, 0) is 0 Å².